The third-order valence-electron chi connectivity index (χ3n) is 5.17. The van der Waals surface area contributed by atoms with Crippen LogP contribution in [0, 0.1) is 0 Å². The standard InChI is InChI=1S/C23H21NO2/c1-17(19-12-6-3-7-13-19)24-22(25)20-14-8-9-15-21(20)23(24,26)16-18-10-4-2-5-11-18/h2-15,17,26H,16H2,1H3/t17-,23-/m1/s1. The van der Waals surface area contributed by atoms with Crippen LogP contribution in [0.15, 0.2) is 84.9 Å². The number of rotatable bonds is 4. The number of carbonyl (C=O) groups excluding carboxylic acids is 1. The van der Waals surface area contributed by atoms with Crippen molar-refractivity contribution in [3.8, 4) is 0 Å². The Balaban J connectivity index is 1.82. The number of aliphatic hydroxyl groups is 1. The minimum Gasteiger partial charge on any atom is -0.366 e. The van der Waals surface area contributed by atoms with E-state index in [0.29, 0.717) is 17.5 Å². The molecule has 0 spiro atoms. The molecule has 3 heteroatoms. The first-order valence-corrected chi connectivity index (χ1v) is 8.85. The number of fused-ring (bicyclic) bond motifs is 1. The summed E-state index contributed by atoms with van der Waals surface area (Å²) in [6.07, 6.45) is 0.355. The zero-order chi connectivity index (χ0) is 18.1. The second kappa shape index (κ2) is 6.43. The second-order valence-corrected chi connectivity index (χ2v) is 6.79. The van der Waals surface area contributed by atoms with Crippen molar-refractivity contribution in [3.63, 3.8) is 0 Å². The Morgan fingerprint density at radius 3 is 2.15 bits per heavy atom. The fourth-order valence-corrected chi connectivity index (χ4v) is 3.88. The number of hydrogen-bond acceptors (Lipinski definition) is 2. The molecule has 26 heavy (non-hydrogen) atoms. The maximum atomic E-state index is 13.2. The van der Waals surface area contributed by atoms with Gasteiger partial charge in [0.05, 0.1) is 6.04 Å². The molecule has 3 nitrogen and oxygen atoms in total. The molecule has 4 rings (SSSR count). The predicted molar refractivity (Wildman–Crippen MR) is 102 cm³/mol. The lowest BCUT2D eigenvalue weighted by Crippen LogP contribution is -2.46. The summed E-state index contributed by atoms with van der Waals surface area (Å²) in [4.78, 5) is 14.8. The van der Waals surface area contributed by atoms with Gasteiger partial charge in [-0.25, -0.2) is 0 Å². The van der Waals surface area contributed by atoms with E-state index in [-0.39, 0.29) is 11.9 Å². The highest BCUT2D eigenvalue weighted by Crippen LogP contribution is 2.44. The molecule has 3 aromatic carbocycles. The summed E-state index contributed by atoms with van der Waals surface area (Å²) < 4.78 is 0. The zero-order valence-corrected chi connectivity index (χ0v) is 14.7. The molecular formula is C23H21NO2. The highest BCUT2D eigenvalue weighted by molar-refractivity contribution is 6.00. The van der Waals surface area contributed by atoms with Crippen molar-refractivity contribution in [2.45, 2.75) is 25.1 Å². The van der Waals surface area contributed by atoms with Gasteiger partial charge in [-0.2, -0.15) is 0 Å². The van der Waals surface area contributed by atoms with Crippen molar-refractivity contribution >= 4 is 5.91 Å². The van der Waals surface area contributed by atoms with E-state index in [9.17, 15) is 9.90 Å². The summed E-state index contributed by atoms with van der Waals surface area (Å²) in [5.74, 6) is -0.129. The van der Waals surface area contributed by atoms with Gasteiger partial charge < -0.3 is 5.11 Å². The number of carbonyl (C=O) groups is 1. The van der Waals surface area contributed by atoms with Gasteiger partial charge in [0.1, 0.15) is 0 Å². The van der Waals surface area contributed by atoms with Crippen LogP contribution in [0.5, 0.6) is 0 Å². The van der Waals surface area contributed by atoms with Crippen molar-refractivity contribution < 1.29 is 9.90 Å². The molecule has 1 aliphatic rings. The van der Waals surface area contributed by atoms with Gasteiger partial charge in [0.2, 0.25) is 0 Å². The first-order chi connectivity index (χ1) is 12.6. The minimum absolute atomic E-state index is 0.129. The smallest absolute Gasteiger partial charge is 0.257 e. The lowest BCUT2D eigenvalue weighted by Gasteiger charge is -2.39. The monoisotopic (exact) mass is 343 g/mol. The number of amides is 1. The van der Waals surface area contributed by atoms with Crippen LogP contribution in [0.4, 0.5) is 0 Å². The molecule has 0 bridgehead atoms. The summed E-state index contributed by atoms with van der Waals surface area (Å²) in [7, 11) is 0. The van der Waals surface area contributed by atoms with Gasteiger partial charge in [0.25, 0.3) is 5.91 Å². The van der Waals surface area contributed by atoms with Crippen LogP contribution in [-0.4, -0.2) is 15.9 Å². The van der Waals surface area contributed by atoms with Gasteiger partial charge in [-0.15, -0.1) is 0 Å². The largest absolute Gasteiger partial charge is 0.366 e. The average molecular weight is 343 g/mol. The first-order valence-electron chi connectivity index (χ1n) is 8.85. The van der Waals surface area contributed by atoms with E-state index in [1.54, 1.807) is 11.0 Å². The third kappa shape index (κ3) is 2.61. The predicted octanol–water partition coefficient (Wildman–Crippen LogP) is 4.29. The van der Waals surface area contributed by atoms with E-state index in [2.05, 4.69) is 0 Å². The van der Waals surface area contributed by atoms with E-state index in [1.807, 2.05) is 85.8 Å². The van der Waals surface area contributed by atoms with Crippen molar-refractivity contribution in [2.24, 2.45) is 0 Å². The van der Waals surface area contributed by atoms with E-state index < -0.39 is 5.72 Å². The maximum absolute atomic E-state index is 13.2. The highest BCUT2D eigenvalue weighted by atomic mass is 16.3. The van der Waals surface area contributed by atoms with Gasteiger partial charge in [0, 0.05) is 17.5 Å². The Bertz CT molecular complexity index is 923. The molecule has 0 fully saturated rings. The fraction of sp³-hybridized carbons (Fsp3) is 0.174. The van der Waals surface area contributed by atoms with Crippen molar-refractivity contribution in [1.82, 2.24) is 4.90 Å². The van der Waals surface area contributed by atoms with Gasteiger partial charge in [-0.05, 0) is 24.1 Å². The van der Waals surface area contributed by atoms with Crippen LogP contribution in [0.2, 0.25) is 0 Å². The van der Waals surface area contributed by atoms with Crippen molar-refractivity contribution in [2.75, 3.05) is 0 Å². The number of benzene rings is 3. The second-order valence-electron chi connectivity index (χ2n) is 6.79. The molecule has 0 saturated carbocycles. The van der Waals surface area contributed by atoms with Crippen molar-refractivity contribution in [1.29, 1.82) is 0 Å². The van der Waals surface area contributed by atoms with Crippen LogP contribution >= 0.6 is 0 Å². The normalized spacial score (nSPS) is 20.1. The van der Waals surface area contributed by atoms with Gasteiger partial charge in [-0.3, -0.25) is 9.69 Å². The molecule has 0 aromatic heterocycles. The zero-order valence-electron chi connectivity index (χ0n) is 14.7. The lowest BCUT2D eigenvalue weighted by atomic mass is 9.93. The van der Waals surface area contributed by atoms with Gasteiger partial charge in [0.15, 0.2) is 5.72 Å². The number of nitrogens with zero attached hydrogens (tertiary/aromatic N) is 1. The Morgan fingerprint density at radius 2 is 1.46 bits per heavy atom. The molecule has 0 unspecified atom stereocenters. The van der Waals surface area contributed by atoms with Crippen LogP contribution in [0.25, 0.3) is 0 Å². The van der Waals surface area contributed by atoms with Gasteiger partial charge in [-0.1, -0.05) is 78.9 Å². The van der Waals surface area contributed by atoms with Crippen LogP contribution < -0.4 is 0 Å². The first kappa shape index (κ1) is 16.6. The molecule has 1 aliphatic heterocycles. The number of hydrogen-bond donors (Lipinski definition) is 1. The Labute approximate surface area is 153 Å². The molecule has 1 amide bonds. The van der Waals surface area contributed by atoms with Crippen molar-refractivity contribution in [3.05, 3.63) is 107 Å². The molecule has 0 aliphatic carbocycles. The molecule has 1 N–H and O–H groups in total. The molecule has 0 radical (unpaired) electrons. The van der Waals surface area contributed by atoms with E-state index >= 15 is 0 Å². The van der Waals surface area contributed by atoms with Gasteiger partial charge >= 0.3 is 0 Å². The molecule has 0 saturated heterocycles. The lowest BCUT2D eigenvalue weighted by molar-refractivity contribution is -0.100. The highest BCUT2D eigenvalue weighted by Gasteiger charge is 2.50. The molecule has 2 atom stereocenters. The third-order valence-corrected chi connectivity index (χ3v) is 5.17. The molecular weight excluding hydrogens is 322 g/mol. The Morgan fingerprint density at radius 1 is 0.885 bits per heavy atom. The topological polar surface area (TPSA) is 40.5 Å². The quantitative estimate of drug-likeness (QED) is 0.768. The average Bonchev–Trinajstić information content (AvgIpc) is 2.90. The Hall–Kier alpha value is -2.91. The fourth-order valence-electron chi connectivity index (χ4n) is 3.88. The minimum atomic E-state index is -1.37. The SMILES string of the molecule is C[C@H](c1ccccc1)N1C(=O)c2ccccc2[C@]1(O)Cc1ccccc1. The molecule has 3 aromatic rings. The summed E-state index contributed by atoms with van der Waals surface area (Å²) >= 11 is 0. The summed E-state index contributed by atoms with van der Waals surface area (Å²) in [5, 5.41) is 11.8. The van der Waals surface area contributed by atoms with E-state index in [0.717, 1.165) is 11.1 Å². The van der Waals surface area contributed by atoms with E-state index in [1.165, 1.54) is 0 Å². The summed E-state index contributed by atoms with van der Waals surface area (Å²) in [6, 6.07) is 26.8. The van der Waals surface area contributed by atoms with Crippen LogP contribution in [0.1, 0.15) is 40.0 Å². The molecule has 130 valence electrons. The Kier molecular flexibility index (Phi) is 4.09. The van der Waals surface area contributed by atoms with E-state index in [4.69, 9.17) is 0 Å². The molecule has 1 heterocycles. The summed E-state index contributed by atoms with van der Waals surface area (Å²) in [6.45, 7) is 1.97. The summed E-state index contributed by atoms with van der Waals surface area (Å²) in [5.41, 5.74) is 1.87. The maximum Gasteiger partial charge on any atom is 0.257 e. The van der Waals surface area contributed by atoms with Crippen LogP contribution in [-0.2, 0) is 12.1 Å². The van der Waals surface area contributed by atoms with Crippen LogP contribution in [0.3, 0.4) is 0 Å².